The van der Waals surface area contributed by atoms with Crippen LogP contribution in [0.1, 0.15) is 83.5 Å². The number of carbonyl (C=O) groups is 4. The van der Waals surface area contributed by atoms with Crippen LogP contribution in [-0.4, -0.2) is 60.1 Å². The number of rotatable bonds is 12. The van der Waals surface area contributed by atoms with Crippen molar-refractivity contribution in [1.29, 1.82) is 0 Å². The first-order valence-corrected chi connectivity index (χ1v) is 12.6. The Kier molecular flexibility index (Phi) is 12.4. The summed E-state index contributed by atoms with van der Waals surface area (Å²) in [6.07, 6.45) is 0.795. The van der Waals surface area contributed by atoms with Gasteiger partial charge in [0.15, 0.2) is 0 Å². The second-order valence-corrected chi connectivity index (χ2v) is 9.85. The molecule has 0 aliphatic heterocycles. The van der Waals surface area contributed by atoms with E-state index in [4.69, 9.17) is 9.47 Å². The summed E-state index contributed by atoms with van der Waals surface area (Å²) in [4.78, 5) is 52.6. The highest BCUT2D eigenvalue weighted by atomic mass is 16.6. The Morgan fingerprint density at radius 3 is 2.28 bits per heavy atom. The summed E-state index contributed by atoms with van der Waals surface area (Å²) >= 11 is 0. The molecule has 2 N–H and O–H groups in total. The molecule has 0 fully saturated rings. The molecule has 1 aromatic rings. The van der Waals surface area contributed by atoms with Crippen molar-refractivity contribution in [3.63, 3.8) is 0 Å². The lowest BCUT2D eigenvalue weighted by Crippen LogP contribution is -2.52. The van der Waals surface area contributed by atoms with Crippen LogP contribution in [0.5, 0.6) is 0 Å². The van der Waals surface area contributed by atoms with Gasteiger partial charge in [0, 0.05) is 13.1 Å². The molecule has 9 nitrogen and oxygen atoms in total. The Hall–Kier alpha value is -3.10. The number of amides is 3. The molecule has 0 saturated carbocycles. The van der Waals surface area contributed by atoms with Gasteiger partial charge in [-0.3, -0.25) is 14.4 Å². The summed E-state index contributed by atoms with van der Waals surface area (Å²) < 4.78 is 10.2. The Morgan fingerprint density at radius 1 is 1.06 bits per heavy atom. The first-order valence-electron chi connectivity index (χ1n) is 12.6. The van der Waals surface area contributed by atoms with Crippen LogP contribution in [0.2, 0.25) is 0 Å². The predicted octanol–water partition coefficient (Wildman–Crippen LogP) is 3.96. The lowest BCUT2D eigenvalue weighted by atomic mass is 9.98. The molecule has 0 aliphatic rings. The van der Waals surface area contributed by atoms with E-state index in [9.17, 15) is 19.2 Å². The average molecular weight is 506 g/mol. The Balaban J connectivity index is 3.27. The molecular weight excluding hydrogens is 462 g/mol. The van der Waals surface area contributed by atoms with Crippen LogP contribution in [0.3, 0.4) is 0 Å². The zero-order chi connectivity index (χ0) is 27.5. The normalized spacial score (nSPS) is 12.8. The van der Waals surface area contributed by atoms with E-state index in [-0.39, 0.29) is 19.6 Å². The maximum atomic E-state index is 13.6. The second kappa shape index (κ2) is 14.5. The van der Waals surface area contributed by atoms with Gasteiger partial charge in [0.1, 0.15) is 17.7 Å². The van der Waals surface area contributed by atoms with E-state index in [0.717, 1.165) is 17.5 Å². The molecule has 202 valence electrons. The number of aryl methyl sites for hydroxylation is 2. The van der Waals surface area contributed by atoms with Crippen molar-refractivity contribution in [2.75, 3.05) is 19.7 Å². The molecule has 0 aromatic heterocycles. The van der Waals surface area contributed by atoms with E-state index >= 15 is 0 Å². The predicted molar refractivity (Wildman–Crippen MR) is 138 cm³/mol. The maximum Gasteiger partial charge on any atom is 0.408 e. The van der Waals surface area contributed by atoms with E-state index in [1.165, 1.54) is 4.90 Å². The van der Waals surface area contributed by atoms with Crippen molar-refractivity contribution < 1.29 is 28.7 Å². The van der Waals surface area contributed by atoms with Crippen LogP contribution < -0.4 is 10.6 Å². The number of esters is 1. The van der Waals surface area contributed by atoms with Crippen molar-refractivity contribution in [2.24, 2.45) is 0 Å². The van der Waals surface area contributed by atoms with E-state index in [1.807, 2.05) is 39.0 Å². The number of unbranched alkanes of at least 4 members (excludes halogenated alkanes) is 1. The molecule has 2 unspecified atom stereocenters. The minimum absolute atomic E-state index is 0.0265. The first kappa shape index (κ1) is 30.9. The molecule has 0 radical (unpaired) electrons. The van der Waals surface area contributed by atoms with Crippen LogP contribution in [0.4, 0.5) is 4.79 Å². The molecule has 0 heterocycles. The van der Waals surface area contributed by atoms with E-state index < -0.39 is 41.6 Å². The van der Waals surface area contributed by atoms with Gasteiger partial charge in [-0.1, -0.05) is 31.5 Å². The number of hydrogen-bond acceptors (Lipinski definition) is 6. The molecule has 0 bridgehead atoms. The monoisotopic (exact) mass is 505 g/mol. The Bertz CT molecular complexity index is 909. The fourth-order valence-corrected chi connectivity index (χ4v) is 3.51. The fourth-order valence-electron chi connectivity index (χ4n) is 3.51. The van der Waals surface area contributed by atoms with Crippen molar-refractivity contribution in [3.8, 4) is 0 Å². The molecule has 0 spiro atoms. The maximum absolute atomic E-state index is 13.6. The summed E-state index contributed by atoms with van der Waals surface area (Å²) in [6.45, 7) is 15.1. The van der Waals surface area contributed by atoms with Crippen molar-refractivity contribution >= 4 is 23.9 Å². The molecule has 9 heteroatoms. The number of hydrogen-bond donors (Lipinski definition) is 2. The summed E-state index contributed by atoms with van der Waals surface area (Å²) in [7, 11) is 0. The third-order valence-corrected chi connectivity index (χ3v) is 5.48. The minimum atomic E-state index is -0.937. The van der Waals surface area contributed by atoms with Gasteiger partial charge < -0.3 is 25.0 Å². The molecule has 0 aliphatic carbocycles. The van der Waals surface area contributed by atoms with E-state index in [1.54, 1.807) is 34.6 Å². The molecule has 1 rings (SSSR count). The van der Waals surface area contributed by atoms with E-state index in [2.05, 4.69) is 10.6 Å². The molecule has 0 saturated heterocycles. The van der Waals surface area contributed by atoms with Crippen LogP contribution in [0.15, 0.2) is 18.2 Å². The molecule has 1 aromatic carbocycles. The number of nitrogens with zero attached hydrogens (tertiary/aromatic N) is 1. The Labute approximate surface area is 215 Å². The number of nitrogens with one attached hydrogen (secondary N) is 2. The van der Waals surface area contributed by atoms with Crippen LogP contribution in [-0.2, 0) is 23.9 Å². The van der Waals surface area contributed by atoms with Crippen molar-refractivity contribution in [3.05, 3.63) is 34.9 Å². The second-order valence-electron chi connectivity index (χ2n) is 9.85. The molecule has 2 atom stereocenters. The van der Waals surface area contributed by atoms with Crippen molar-refractivity contribution in [1.82, 2.24) is 15.5 Å². The van der Waals surface area contributed by atoms with Crippen LogP contribution >= 0.6 is 0 Å². The van der Waals surface area contributed by atoms with Gasteiger partial charge >= 0.3 is 12.1 Å². The highest BCUT2D eigenvalue weighted by Crippen LogP contribution is 2.25. The topological polar surface area (TPSA) is 114 Å². The molecular formula is C27H43N3O6. The van der Waals surface area contributed by atoms with Crippen LogP contribution in [0.25, 0.3) is 0 Å². The third kappa shape index (κ3) is 10.3. The fraction of sp³-hybridized carbons (Fsp3) is 0.630. The summed E-state index contributed by atoms with van der Waals surface area (Å²) in [6, 6.07) is 3.78. The zero-order valence-electron chi connectivity index (χ0n) is 23.0. The number of ether oxygens (including phenoxy) is 2. The highest BCUT2D eigenvalue weighted by molar-refractivity contribution is 5.92. The lowest BCUT2D eigenvalue weighted by Gasteiger charge is -2.34. The standard InChI is InChI=1S/C27H43N3O6/c1-9-11-16-30(25(33)20(5)29-26(34)36-27(6,7)8)23(21-13-12-18(3)19(4)17-21)24(32)28-15-14-22(31)35-10-2/h12-13,17,20,23H,9-11,14-16H2,1-8H3,(H,28,32)(H,29,34). The number of alkyl carbamates (subject to hydrolysis) is 1. The SMILES string of the molecule is CCCCN(C(=O)C(C)NC(=O)OC(C)(C)C)C(C(=O)NCCC(=O)OCC)c1ccc(C)c(C)c1. The number of benzene rings is 1. The van der Waals surface area contributed by atoms with Gasteiger partial charge in [-0.2, -0.15) is 0 Å². The van der Waals surface area contributed by atoms with E-state index in [0.29, 0.717) is 18.5 Å². The first-order chi connectivity index (χ1) is 16.8. The zero-order valence-corrected chi connectivity index (χ0v) is 23.0. The average Bonchev–Trinajstić information content (AvgIpc) is 2.76. The summed E-state index contributed by atoms with van der Waals surface area (Å²) in [5.74, 6) is -1.22. The van der Waals surface area contributed by atoms with Crippen LogP contribution in [0, 0.1) is 13.8 Å². The van der Waals surface area contributed by atoms with Gasteiger partial charge in [-0.15, -0.1) is 0 Å². The van der Waals surface area contributed by atoms with Gasteiger partial charge in [-0.05, 0) is 71.6 Å². The van der Waals surface area contributed by atoms with Gasteiger partial charge in [0.25, 0.3) is 0 Å². The van der Waals surface area contributed by atoms with Crippen molar-refractivity contribution in [2.45, 2.75) is 92.3 Å². The largest absolute Gasteiger partial charge is 0.466 e. The number of carbonyl (C=O) groups excluding carboxylic acids is 4. The van der Waals surface area contributed by atoms with Gasteiger partial charge in [-0.25, -0.2) is 4.79 Å². The minimum Gasteiger partial charge on any atom is -0.466 e. The van der Waals surface area contributed by atoms with Gasteiger partial charge in [0.05, 0.1) is 13.0 Å². The highest BCUT2D eigenvalue weighted by Gasteiger charge is 2.34. The quantitative estimate of drug-likeness (QED) is 0.416. The summed E-state index contributed by atoms with van der Waals surface area (Å²) in [5, 5.41) is 5.37. The molecule has 36 heavy (non-hydrogen) atoms. The van der Waals surface area contributed by atoms with Gasteiger partial charge in [0.2, 0.25) is 11.8 Å². The Morgan fingerprint density at radius 2 is 1.72 bits per heavy atom. The lowest BCUT2D eigenvalue weighted by molar-refractivity contribution is -0.144. The molecule has 3 amide bonds. The third-order valence-electron chi connectivity index (χ3n) is 5.48. The summed E-state index contributed by atoms with van der Waals surface area (Å²) in [5.41, 5.74) is 1.99. The smallest absolute Gasteiger partial charge is 0.408 e.